The zero-order chi connectivity index (χ0) is 19.6. The summed E-state index contributed by atoms with van der Waals surface area (Å²) in [4.78, 5) is 33.9. The van der Waals surface area contributed by atoms with Crippen molar-refractivity contribution in [2.45, 2.75) is 26.3 Å². The molecule has 27 heavy (non-hydrogen) atoms. The summed E-state index contributed by atoms with van der Waals surface area (Å²) in [5, 5.41) is 17.5. The average Bonchev–Trinajstić information content (AvgIpc) is 2.69. The van der Waals surface area contributed by atoms with Crippen molar-refractivity contribution in [1.29, 1.82) is 0 Å². The molecule has 140 valence electrons. The lowest BCUT2D eigenvalue weighted by molar-refractivity contribution is -0.384. The molecule has 0 radical (unpaired) electrons. The summed E-state index contributed by atoms with van der Waals surface area (Å²) in [5.41, 5.74) is 4.25. The molecule has 0 unspecified atom stereocenters. The smallest absolute Gasteiger partial charge is 0.270 e. The Morgan fingerprint density at radius 1 is 1.04 bits per heavy atom. The quantitative estimate of drug-likeness (QED) is 0.423. The number of nitro groups is 1. The first-order valence-electron chi connectivity index (χ1n) is 8.34. The number of benzene rings is 2. The van der Waals surface area contributed by atoms with E-state index in [2.05, 4.69) is 15.8 Å². The summed E-state index contributed by atoms with van der Waals surface area (Å²) in [6, 6.07) is 15.4. The second-order valence-electron chi connectivity index (χ2n) is 5.80. The van der Waals surface area contributed by atoms with Gasteiger partial charge in [-0.3, -0.25) is 19.7 Å². The molecule has 0 aliphatic heterocycles. The first-order chi connectivity index (χ1) is 13.0. The van der Waals surface area contributed by atoms with Crippen LogP contribution < -0.4 is 10.7 Å². The number of carbonyl (C=O) groups is 2. The standard InChI is InChI=1S/C19H20N4O4/c1-14(16-8-5-9-17(12-16)23(26)27)21-22-19(25)11-10-18(24)20-13-15-6-3-2-4-7-15/h2-9,12H,10-11,13H2,1H3,(H,20,24)(H,22,25)/b21-14-. The Balaban J connectivity index is 1.78. The topological polar surface area (TPSA) is 114 Å². The van der Waals surface area contributed by atoms with Crippen LogP contribution in [0.3, 0.4) is 0 Å². The molecule has 0 aliphatic rings. The van der Waals surface area contributed by atoms with Crippen LogP contribution in [0.5, 0.6) is 0 Å². The van der Waals surface area contributed by atoms with Crippen molar-refractivity contribution < 1.29 is 14.5 Å². The molecule has 2 aromatic carbocycles. The number of nitro benzene ring substituents is 1. The zero-order valence-electron chi connectivity index (χ0n) is 14.8. The molecule has 2 rings (SSSR count). The van der Waals surface area contributed by atoms with Crippen molar-refractivity contribution in [1.82, 2.24) is 10.7 Å². The Labute approximate surface area is 156 Å². The van der Waals surface area contributed by atoms with E-state index in [9.17, 15) is 19.7 Å². The minimum Gasteiger partial charge on any atom is -0.352 e. The largest absolute Gasteiger partial charge is 0.352 e. The normalized spacial score (nSPS) is 10.9. The Morgan fingerprint density at radius 2 is 1.74 bits per heavy atom. The predicted octanol–water partition coefficient (Wildman–Crippen LogP) is 2.53. The fraction of sp³-hybridized carbons (Fsp3) is 0.211. The van der Waals surface area contributed by atoms with E-state index in [0.717, 1.165) is 5.56 Å². The Bertz CT molecular complexity index is 850. The molecule has 2 N–H and O–H groups in total. The van der Waals surface area contributed by atoms with Crippen LogP contribution in [-0.2, 0) is 16.1 Å². The molecule has 0 heterocycles. The Hall–Kier alpha value is -3.55. The molecule has 0 spiro atoms. The summed E-state index contributed by atoms with van der Waals surface area (Å²) in [6.45, 7) is 2.04. The Kier molecular flexibility index (Phi) is 7.18. The van der Waals surface area contributed by atoms with Crippen LogP contribution in [0.2, 0.25) is 0 Å². The maximum atomic E-state index is 11.8. The van der Waals surface area contributed by atoms with E-state index in [-0.39, 0.29) is 24.4 Å². The Morgan fingerprint density at radius 3 is 2.44 bits per heavy atom. The zero-order valence-corrected chi connectivity index (χ0v) is 14.8. The van der Waals surface area contributed by atoms with Crippen LogP contribution in [0.4, 0.5) is 5.69 Å². The molecule has 0 fully saturated rings. The first kappa shape index (κ1) is 19.8. The van der Waals surface area contributed by atoms with Gasteiger partial charge in [0.15, 0.2) is 0 Å². The van der Waals surface area contributed by atoms with Gasteiger partial charge in [0, 0.05) is 37.1 Å². The van der Waals surface area contributed by atoms with Gasteiger partial charge in [-0.1, -0.05) is 42.5 Å². The second-order valence-corrected chi connectivity index (χ2v) is 5.80. The van der Waals surface area contributed by atoms with Crippen LogP contribution in [0.25, 0.3) is 0 Å². The minimum absolute atomic E-state index is 0.00760. The molecule has 0 bridgehead atoms. The van der Waals surface area contributed by atoms with Gasteiger partial charge in [-0.25, -0.2) is 5.43 Å². The highest BCUT2D eigenvalue weighted by Crippen LogP contribution is 2.13. The van der Waals surface area contributed by atoms with Gasteiger partial charge in [-0.15, -0.1) is 0 Å². The van der Waals surface area contributed by atoms with Crippen LogP contribution >= 0.6 is 0 Å². The van der Waals surface area contributed by atoms with E-state index in [0.29, 0.717) is 17.8 Å². The van der Waals surface area contributed by atoms with Crippen LogP contribution in [-0.4, -0.2) is 22.4 Å². The van der Waals surface area contributed by atoms with Gasteiger partial charge < -0.3 is 5.32 Å². The highest BCUT2D eigenvalue weighted by Gasteiger charge is 2.09. The summed E-state index contributed by atoms with van der Waals surface area (Å²) in [5.74, 6) is -0.636. The van der Waals surface area contributed by atoms with Crippen LogP contribution in [0, 0.1) is 10.1 Å². The van der Waals surface area contributed by atoms with E-state index in [1.165, 1.54) is 12.1 Å². The fourth-order valence-corrected chi connectivity index (χ4v) is 2.22. The van der Waals surface area contributed by atoms with E-state index in [1.54, 1.807) is 19.1 Å². The number of rotatable bonds is 8. The lowest BCUT2D eigenvalue weighted by atomic mass is 10.1. The summed E-state index contributed by atoms with van der Waals surface area (Å²) >= 11 is 0. The first-order valence-corrected chi connectivity index (χ1v) is 8.34. The molecule has 0 aromatic heterocycles. The number of nitrogens with one attached hydrogen (secondary N) is 2. The molecule has 8 heteroatoms. The second kappa shape index (κ2) is 9.81. The number of hydrazone groups is 1. The third-order valence-electron chi connectivity index (χ3n) is 3.73. The van der Waals surface area contributed by atoms with Crippen LogP contribution in [0.15, 0.2) is 59.7 Å². The van der Waals surface area contributed by atoms with E-state index >= 15 is 0 Å². The van der Waals surface area contributed by atoms with Crippen molar-refractivity contribution in [3.8, 4) is 0 Å². The van der Waals surface area contributed by atoms with Crippen molar-refractivity contribution >= 4 is 23.2 Å². The molecule has 2 amide bonds. The molecule has 2 aromatic rings. The van der Waals surface area contributed by atoms with Gasteiger partial charge in [0.25, 0.3) is 5.69 Å². The highest BCUT2D eigenvalue weighted by atomic mass is 16.6. The van der Waals surface area contributed by atoms with Gasteiger partial charge in [0.1, 0.15) is 0 Å². The maximum Gasteiger partial charge on any atom is 0.270 e. The monoisotopic (exact) mass is 368 g/mol. The van der Waals surface area contributed by atoms with Crippen molar-refractivity contribution in [3.63, 3.8) is 0 Å². The number of amides is 2. The number of carbonyl (C=O) groups excluding carboxylic acids is 2. The minimum atomic E-state index is -0.497. The maximum absolute atomic E-state index is 11.8. The summed E-state index contributed by atoms with van der Waals surface area (Å²) in [6.07, 6.45) is 0.0381. The molecular weight excluding hydrogens is 348 g/mol. The third-order valence-corrected chi connectivity index (χ3v) is 3.73. The molecule has 0 atom stereocenters. The van der Waals surface area contributed by atoms with Crippen molar-refractivity contribution in [2.24, 2.45) is 5.10 Å². The van der Waals surface area contributed by atoms with Crippen molar-refractivity contribution in [2.75, 3.05) is 0 Å². The lowest BCUT2D eigenvalue weighted by Crippen LogP contribution is -2.26. The number of non-ortho nitro benzene ring substituents is 1. The van der Waals surface area contributed by atoms with E-state index in [1.807, 2.05) is 30.3 Å². The SMILES string of the molecule is C/C(=N/NC(=O)CCC(=O)NCc1ccccc1)c1cccc([N+](=O)[O-])c1. The molecule has 0 aliphatic carbocycles. The van der Waals surface area contributed by atoms with Gasteiger partial charge in [-0.2, -0.15) is 5.10 Å². The van der Waals surface area contributed by atoms with Gasteiger partial charge in [0.2, 0.25) is 11.8 Å². The van der Waals surface area contributed by atoms with Crippen LogP contribution in [0.1, 0.15) is 30.9 Å². The van der Waals surface area contributed by atoms with Gasteiger partial charge in [0.05, 0.1) is 10.6 Å². The van der Waals surface area contributed by atoms with Crippen molar-refractivity contribution in [3.05, 3.63) is 75.8 Å². The molecule has 0 saturated carbocycles. The molecular formula is C19H20N4O4. The lowest BCUT2D eigenvalue weighted by Gasteiger charge is -2.05. The van der Waals surface area contributed by atoms with Gasteiger partial charge in [-0.05, 0) is 12.5 Å². The molecule has 8 nitrogen and oxygen atoms in total. The fourth-order valence-electron chi connectivity index (χ4n) is 2.22. The number of hydrogen-bond acceptors (Lipinski definition) is 5. The number of hydrogen-bond donors (Lipinski definition) is 2. The van der Waals surface area contributed by atoms with E-state index in [4.69, 9.17) is 0 Å². The average molecular weight is 368 g/mol. The highest BCUT2D eigenvalue weighted by molar-refractivity contribution is 5.99. The molecule has 0 saturated heterocycles. The van der Waals surface area contributed by atoms with E-state index < -0.39 is 10.8 Å². The van der Waals surface area contributed by atoms with Gasteiger partial charge >= 0.3 is 0 Å². The predicted molar refractivity (Wildman–Crippen MR) is 101 cm³/mol. The third kappa shape index (κ3) is 6.69. The summed E-state index contributed by atoms with van der Waals surface area (Å²) in [7, 11) is 0. The summed E-state index contributed by atoms with van der Waals surface area (Å²) < 4.78 is 0. The number of nitrogens with zero attached hydrogens (tertiary/aromatic N) is 2.